The van der Waals surface area contributed by atoms with Crippen LogP contribution in [0.2, 0.25) is 0 Å². The van der Waals surface area contributed by atoms with Crippen LogP contribution in [0.5, 0.6) is 0 Å². The number of nitrogens with zero attached hydrogens (tertiary/aromatic N) is 3. The van der Waals surface area contributed by atoms with E-state index in [1.54, 1.807) is 0 Å². The lowest BCUT2D eigenvalue weighted by Crippen LogP contribution is -2.38. The normalized spacial score (nSPS) is 15.1. The van der Waals surface area contributed by atoms with Gasteiger partial charge in [-0.25, -0.2) is 0 Å². The van der Waals surface area contributed by atoms with E-state index < -0.39 is 0 Å². The number of benzene rings is 1. The van der Waals surface area contributed by atoms with Gasteiger partial charge in [-0.1, -0.05) is 30.3 Å². The lowest BCUT2D eigenvalue weighted by molar-refractivity contribution is -0.127. The van der Waals surface area contributed by atoms with Gasteiger partial charge in [-0.2, -0.15) is 0 Å². The predicted octanol–water partition coefficient (Wildman–Crippen LogP) is 2.10. The van der Waals surface area contributed by atoms with Crippen LogP contribution in [-0.2, 0) is 11.3 Å². The van der Waals surface area contributed by atoms with E-state index in [0.29, 0.717) is 12.3 Å². The summed E-state index contributed by atoms with van der Waals surface area (Å²) in [6, 6.07) is 10.4. The van der Waals surface area contributed by atoms with Gasteiger partial charge in [0.2, 0.25) is 5.91 Å². The van der Waals surface area contributed by atoms with Crippen molar-refractivity contribution >= 4 is 11.9 Å². The minimum absolute atomic E-state index is 0.294. The molecule has 1 aliphatic rings. The molecule has 0 bridgehead atoms. The molecule has 2 rings (SSSR count). The highest BCUT2D eigenvalue weighted by molar-refractivity contribution is 5.79. The summed E-state index contributed by atoms with van der Waals surface area (Å²) < 4.78 is 0. The third-order valence-corrected chi connectivity index (χ3v) is 3.98. The largest absolute Gasteiger partial charge is 0.357 e. The zero-order chi connectivity index (χ0) is 16.5. The molecule has 0 aliphatic carbocycles. The smallest absolute Gasteiger partial charge is 0.222 e. The maximum Gasteiger partial charge on any atom is 0.222 e. The van der Waals surface area contributed by atoms with Gasteiger partial charge in [-0.3, -0.25) is 9.79 Å². The summed E-state index contributed by atoms with van der Waals surface area (Å²) in [7, 11) is 2.05. The molecule has 0 spiro atoms. The Labute approximate surface area is 139 Å². The molecular formula is C18H28N4O. The molecule has 0 aromatic heterocycles. The average Bonchev–Trinajstić information content (AvgIpc) is 2.96. The molecular weight excluding hydrogens is 288 g/mol. The SMILES string of the molecule is CCNC(=NCCCN1CCCC1=O)N(C)Cc1ccccc1. The number of likely N-dealkylation sites (tertiary alicyclic amines) is 1. The Hall–Kier alpha value is -2.04. The lowest BCUT2D eigenvalue weighted by atomic mass is 10.2. The molecule has 1 heterocycles. The van der Waals surface area contributed by atoms with Crippen LogP contribution in [0.3, 0.4) is 0 Å². The Bertz CT molecular complexity index is 515. The second kappa shape index (κ2) is 9.18. The first-order chi connectivity index (χ1) is 11.2. The maximum absolute atomic E-state index is 11.6. The number of nitrogens with one attached hydrogen (secondary N) is 1. The zero-order valence-corrected chi connectivity index (χ0v) is 14.3. The zero-order valence-electron chi connectivity index (χ0n) is 14.3. The highest BCUT2D eigenvalue weighted by Crippen LogP contribution is 2.09. The minimum Gasteiger partial charge on any atom is -0.357 e. The van der Waals surface area contributed by atoms with Gasteiger partial charge in [-0.15, -0.1) is 0 Å². The monoisotopic (exact) mass is 316 g/mol. The standard InChI is InChI=1S/C18H28N4O/c1-3-19-18(21(2)15-16-9-5-4-6-10-16)20-12-8-14-22-13-7-11-17(22)23/h4-6,9-10H,3,7-8,11-15H2,1-2H3,(H,19,20). The third kappa shape index (κ3) is 5.58. The van der Waals surface area contributed by atoms with E-state index in [1.807, 2.05) is 11.0 Å². The van der Waals surface area contributed by atoms with E-state index >= 15 is 0 Å². The maximum atomic E-state index is 11.6. The fraction of sp³-hybridized carbons (Fsp3) is 0.556. The van der Waals surface area contributed by atoms with Crippen LogP contribution in [0.25, 0.3) is 0 Å². The van der Waals surface area contributed by atoms with E-state index in [1.165, 1.54) is 5.56 Å². The summed E-state index contributed by atoms with van der Waals surface area (Å²) in [6.07, 6.45) is 2.64. The first kappa shape index (κ1) is 17.3. The number of rotatable bonds is 7. The number of carbonyl (C=O) groups excluding carboxylic acids is 1. The minimum atomic E-state index is 0.294. The van der Waals surface area contributed by atoms with Gasteiger partial charge in [-0.05, 0) is 25.3 Å². The topological polar surface area (TPSA) is 47.9 Å². The Kier molecular flexibility index (Phi) is 6.91. The second-order valence-corrected chi connectivity index (χ2v) is 5.92. The van der Waals surface area contributed by atoms with Gasteiger partial charge in [0.1, 0.15) is 0 Å². The van der Waals surface area contributed by atoms with Crippen molar-refractivity contribution in [1.29, 1.82) is 0 Å². The van der Waals surface area contributed by atoms with Crippen molar-refractivity contribution in [1.82, 2.24) is 15.1 Å². The first-order valence-electron chi connectivity index (χ1n) is 8.52. The number of hydrogen-bond acceptors (Lipinski definition) is 2. The summed E-state index contributed by atoms with van der Waals surface area (Å²) in [5.41, 5.74) is 1.27. The molecule has 0 radical (unpaired) electrons. The molecule has 5 nitrogen and oxygen atoms in total. The van der Waals surface area contributed by atoms with Crippen molar-refractivity contribution in [3.8, 4) is 0 Å². The molecule has 1 fully saturated rings. The number of guanidine groups is 1. The Morgan fingerprint density at radius 3 is 2.78 bits per heavy atom. The van der Waals surface area contributed by atoms with Crippen LogP contribution >= 0.6 is 0 Å². The summed E-state index contributed by atoms with van der Waals surface area (Å²) >= 11 is 0. The van der Waals surface area contributed by atoms with Crippen LogP contribution in [0, 0.1) is 0 Å². The number of aliphatic imine (C=N–C) groups is 1. The predicted molar refractivity (Wildman–Crippen MR) is 94.3 cm³/mol. The van der Waals surface area contributed by atoms with E-state index in [4.69, 9.17) is 0 Å². The van der Waals surface area contributed by atoms with Crippen molar-refractivity contribution in [2.45, 2.75) is 32.7 Å². The third-order valence-electron chi connectivity index (χ3n) is 3.98. The number of hydrogen-bond donors (Lipinski definition) is 1. The second-order valence-electron chi connectivity index (χ2n) is 5.92. The highest BCUT2D eigenvalue weighted by atomic mass is 16.2. The molecule has 1 amide bonds. The number of amides is 1. The molecule has 5 heteroatoms. The summed E-state index contributed by atoms with van der Waals surface area (Å²) in [4.78, 5) is 20.4. The Morgan fingerprint density at radius 2 is 2.13 bits per heavy atom. The van der Waals surface area contributed by atoms with Crippen LogP contribution in [0.15, 0.2) is 35.3 Å². The Balaban J connectivity index is 1.82. The van der Waals surface area contributed by atoms with Crippen molar-refractivity contribution in [2.75, 3.05) is 33.2 Å². The highest BCUT2D eigenvalue weighted by Gasteiger charge is 2.18. The van der Waals surface area contributed by atoms with Crippen molar-refractivity contribution in [3.05, 3.63) is 35.9 Å². The van der Waals surface area contributed by atoms with E-state index in [-0.39, 0.29) is 0 Å². The molecule has 1 N–H and O–H groups in total. The molecule has 1 aromatic carbocycles. The van der Waals surface area contributed by atoms with Gasteiger partial charge in [0, 0.05) is 46.2 Å². The van der Waals surface area contributed by atoms with Crippen molar-refractivity contribution in [2.24, 2.45) is 4.99 Å². The summed E-state index contributed by atoms with van der Waals surface area (Å²) in [5, 5.41) is 3.34. The summed E-state index contributed by atoms with van der Waals surface area (Å²) in [5.74, 6) is 1.21. The fourth-order valence-corrected chi connectivity index (χ4v) is 2.79. The van der Waals surface area contributed by atoms with Gasteiger partial charge in [0.25, 0.3) is 0 Å². The van der Waals surface area contributed by atoms with Crippen molar-refractivity contribution < 1.29 is 4.79 Å². The van der Waals surface area contributed by atoms with Crippen LogP contribution < -0.4 is 5.32 Å². The molecule has 0 unspecified atom stereocenters. The van der Waals surface area contributed by atoms with Crippen LogP contribution in [0.1, 0.15) is 31.7 Å². The van der Waals surface area contributed by atoms with Crippen molar-refractivity contribution in [3.63, 3.8) is 0 Å². The summed E-state index contributed by atoms with van der Waals surface area (Å²) in [6.45, 7) is 6.24. The molecule has 0 saturated carbocycles. The van der Waals surface area contributed by atoms with Crippen LogP contribution in [0.4, 0.5) is 0 Å². The van der Waals surface area contributed by atoms with E-state index in [2.05, 4.69) is 53.4 Å². The molecule has 126 valence electrons. The Morgan fingerprint density at radius 1 is 1.35 bits per heavy atom. The molecule has 1 aromatic rings. The first-order valence-corrected chi connectivity index (χ1v) is 8.52. The lowest BCUT2D eigenvalue weighted by Gasteiger charge is -2.22. The van der Waals surface area contributed by atoms with Crippen LogP contribution in [-0.4, -0.2) is 54.9 Å². The van der Waals surface area contributed by atoms with Gasteiger partial charge >= 0.3 is 0 Å². The molecule has 0 atom stereocenters. The molecule has 1 saturated heterocycles. The fourth-order valence-electron chi connectivity index (χ4n) is 2.79. The van der Waals surface area contributed by atoms with Gasteiger partial charge < -0.3 is 15.1 Å². The van der Waals surface area contributed by atoms with Gasteiger partial charge in [0.15, 0.2) is 5.96 Å². The average molecular weight is 316 g/mol. The molecule has 1 aliphatic heterocycles. The van der Waals surface area contributed by atoms with Gasteiger partial charge in [0.05, 0.1) is 0 Å². The molecule has 23 heavy (non-hydrogen) atoms. The van der Waals surface area contributed by atoms with E-state index in [0.717, 1.165) is 51.5 Å². The number of carbonyl (C=O) groups is 1. The quantitative estimate of drug-likeness (QED) is 0.476. The van der Waals surface area contributed by atoms with E-state index in [9.17, 15) is 4.79 Å².